The average molecular weight is 482 g/mol. The van der Waals surface area contributed by atoms with Crippen LogP contribution >= 0.6 is 22.6 Å². The fourth-order valence-electron chi connectivity index (χ4n) is 2.34. The third-order valence-electron chi connectivity index (χ3n) is 3.63. The second kappa shape index (κ2) is 10.7. The highest BCUT2D eigenvalue weighted by atomic mass is 127. The van der Waals surface area contributed by atoms with Gasteiger partial charge < -0.3 is 24.4 Å². The van der Waals surface area contributed by atoms with Crippen molar-refractivity contribution in [1.29, 1.82) is 0 Å². The van der Waals surface area contributed by atoms with Gasteiger partial charge in [-0.2, -0.15) is 5.10 Å². The molecule has 1 N–H and O–H groups in total. The molecule has 0 spiro atoms. The van der Waals surface area contributed by atoms with Crippen LogP contribution in [-0.2, 0) is 6.54 Å². The molecule has 0 aliphatic heterocycles. The predicted octanol–water partition coefficient (Wildman–Crippen LogP) is 4.01. The number of methoxy groups -OCH3 is 3. The van der Waals surface area contributed by atoms with Gasteiger partial charge in [0.05, 0.1) is 37.7 Å². The molecular weight excluding hydrogens is 459 g/mol. The number of rotatable bonds is 10. The first-order valence-electron chi connectivity index (χ1n) is 8.21. The highest BCUT2D eigenvalue weighted by molar-refractivity contribution is 14.1. The molecule has 144 valence electrons. The molecule has 7 heteroatoms. The lowest BCUT2D eigenvalue weighted by molar-refractivity contribution is 0.324. The summed E-state index contributed by atoms with van der Waals surface area (Å²) in [5.41, 5.74) is 4.97. The first-order chi connectivity index (χ1) is 13.1. The zero-order chi connectivity index (χ0) is 19.6. The Morgan fingerprint density at radius 3 is 2.44 bits per heavy atom. The minimum Gasteiger partial charge on any atom is -0.493 e. The fraction of sp³-hybridized carbons (Fsp3) is 0.250. The molecule has 0 heterocycles. The van der Waals surface area contributed by atoms with E-state index in [9.17, 15) is 0 Å². The molecule has 0 atom stereocenters. The lowest BCUT2D eigenvalue weighted by Crippen LogP contribution is -2.06. The van der Waals surface area contributed by atoms with Crippen molar-refractivity contribution in [2.24, 2.45) is 5.10 Å². The lowest BCUT2D eigenvalue weighted by atomic mass is 10.2. The van der Waals surface area contributed by atoms with Gasteiger partial charge in [0.2, 0.25) is 0 Å². The molecule has 0 aliphatic carbocycles. The molecule has 0 aromatic heterocycles. The molecule has 0 saturated carbocycles. The number of nitrogens with zero attached hydrogens (tertiary/aromatic N) is 1. The maximum absolute atomic E-state index is 5.65. The molecule has 0 aliphatic rings. The quantitative estimate of drug-likeness (QED) is 0.240. The van der Waals surface area contributed by atoms with Gasteiger partial charge >= 0.3 is 0 Å². The monoisotopic (exact) mass is 482 g/mol. The normalized spacial score (nSPS) is 10.5. The zero-order valence-electron chi connectivity index (χ0n) is 15.6. The van der Waals surface area contributed by atoms with Crippen molar-refractivity contribution in [2.75, 3.05) is 27.9 Å². The Balaban J connectivity index is 2.04. The van der Waals surface area contributed by atoms with Crippen LogP contribution in [0.15, 0.2) is 48.1 Å². The van der Waals surface area contributed by atoms with E-state index < -0.39 is 0 Å². The Labute approximate surface area is 173 Å². The van der Waals surface area contributed by atoms with E-state index in [-0.39, 0.29) is 0 Å². The molecule has 0 unspecified atom stereocenters. The number of benzene rings is 2. The van der Waals surface area contributed by atoms with Crippen LogP contribution in [0.4, 0.5) is 0 Å². The minimum absolute atomic E-state index is 0.423. The Hall–Kier alpha value is -2.42. The molecule has 0 saturated heterocycles. The molecular formula is C20H23IN2O4. The van der Waals surface area contributed by atoms with Gasteiger partial charge in [0.15, 0.2) is 23.0 Å². The van der Waals surface area contributed by atoms with Crippen molar-refractivity contribution in [2.45, 2.75) is 6.54 Å². The molecule has 27 heavy (non-hydrogen) atoms. The van der Waals surface area contributed by atoms with Crippen LogP contribution in [0.2, 0.25) is 0 Å². The van der Waals surface area contributed by atoms with Gasteiger partial charge in [0, 0.05) is 0 Å². The Kier molecular flexibility index (Phi) is 8.25. The summed E-state index contributed by atoms with van der Waals surface area (Å²) in [6.07, 6.45) is 3.44. The minimum atomic E-state index is 0.423. The van der Waals surface area contributed by atoms with E-state index in [0.29, 0.717) is 36.1 Å². The number of hydrazone groups is 1. The van der Waals surface area contributed by atoms with E-state index in [1.54, 1.807) is 33.6 Å². The van der Waals surface area contributed by atoms with Gasteiger partial charge in [-0.1, -0.05) is 18.7 Å². The fourth-order valence-corrected chi connectivity index (χ4v) is 3.13. The number of hydrogen-bond donors (Lipinski definition) is 1. The van der Waals surface area contributed by atoms with Gasteiger partial charge in [-0.15, -0.1) is 0 Å². The summed E-state index contributed by atoms with van der Waals surface area (Å²) in [6, 6.07) is 9.60. The summed E-state index contributed by atoms with van der Waals surface area (Å²) < 4.78 is 22.6. The second-order valence-electron chi connectivity index (χ2n) is 5.42. The Morgan fingerprint density at radius 1 is 1.04 bits per heavy atom. The maximum Gasteiger partial charge on any atom is 0.174 e. The molecule has 0 bridgehead atoms. The number of halogens is 1. The van der Waals surface area contributed by atoms with Crippen LogP contribution in [0.1, 0.15) is 11.1 Å². The highest BCUT2D eigenvalue weighted by Crippen LogP contribution is 2.33. The molecule has 0 radical (unpaired) electrons. The molecule has 0 amide bonds. The van der Waals surface area contributed by atoms with Gasteiger partial charge in [0.25, 0.3) is 0 Å². The number of nitrogens with one attached hydrogen (secondary N) is 1. The summed E-state index contributed by atoms with van der Waals surface area (Å²) in [4.78, 5) is 0. The Bertz CT molecular complexity index is 809. The predicted molar refractivity (Wildman–Crippen MR) is 115 cm³/mol. The first-order valence-corrected chi connectivity index (χ1v) is 9.28. The van der Waals surface area contributed by atoms with Crippen molar-refractivity contribution >= 4 is 28.8 Å². The van der Waals surface area contributed by atoms with E-state index in [1.165, 1.54) is 0 Å². The molecule has 0 fully saturated rings. The van der Waals surface area contributed by atoms with Crippen LogP contribution in [-0.4, -0.2) is 34.2 Å². The summed E-state index contributed by atoms with van der Waals surface area (Å²) in [5.74, 6) is 2.75. The van der Waals surface area contributed by atoms with Crippen molar-refractivity contribution in [3.05, 3.63) is 57.7 Å². The third kappa shape index (κ3) is 5.78. The standard InChI is InChI=1S/C20H23IN2O4/c1-5-8-27-20-16(21)9-15(11-19(20)26-4)13-23-22-12-14-6-7-17(24-2)18(10-14)25-3/h5-7,9-11,13,22H,1,8,12H2,2-4H3/b23-13-. The average Bonchev–Trinajstić information content (AvgIpc) is 2.69. The van der Waals surface area contributed by atoms with E-state index in [2.05, 4.69) is 39.7 Å². The Morgan fingerprint density at radius 2 is 1.78 bits per heavy atom. The van der Waals surface area contributed by atoms with Crippen LogP contribution < -0.4 is 24.4 Å². The van der Waals surface area contributed by atoms with Crippen LogP contribution in [0, 0.1) is 3.57 Å². The van der Waals surface area contributed by atoms with Crippen molar-refractivity contribution < 1.29 is 18.9 Å². The van der Waals surface area contributed by atoms with E-state index in [0.717, 1.165) is 14.7 Å². The summed E-state index contributed by atoms with van der Waals surface area (Å²) in [5, 5.41) is 4.28. The summed E-state index contributed by atoms with van der Waals surface area (Å²) in [7, 11) is 4.84. The molecule has 2 aromatic carbocycles. The van der Waals surface area contributed by atoms with Gasteiger partial charge in [-0.3, -0.25) is 0 Å². The molecule has 2 aromatic rings. The maximum atomic E-state index is 5.65. The SMILES string of the molecule is C=CCOc1c(I)cc(/C=N\NCc2ccc(OC)c(OC)c2)cc1OC. The largest absolute Gasteiger partial charge is 0.493 e. The van der Waals surface area contributed by atoms with Crippen molar-refractivity contribution in [1.82, 2.24) is 5.43 Å². The molecule has 6 nitrogen and oxygen atoms in total. The third-order valence-corrected chi connectivity index (χ3v) is 4.43. The zero-order valence-corrected chi connectivity index (χ0v) is 17.8. The van der Waals surface area contributed by atoms with Crippen LogP contribution in [0.3, 0.4) is 0 Å². The summed E-state index contributed by atoms with van der Waals surface area (Å²) >= 11 is 2.21. The van der Waals surface area contributed by atoms with Crippen molar-refractivity contribution in [3.63, 3.8) is 0 Å². The van der Waals surface area contributed by atoms with Gasteiger partial charge in [-0.25, -0.2) is 0 Å². The smallest absolute Gasteiger partial charge is 0.174 e. The number of ether oxygens (including phenoxy) is 4. The van der Waals surface area contributed by atoms with E-state index in [1.807, 2.05) is 30.3 Å². The van der Waals surface area contributed by atoms with Crippen LogP contribution in [0.5, 0.6) is 23.0 Å². The summed E-state index contributed by atoms with van der Waals surface area (Å²) in [6.45, 7) is 4.65. The highest BCUT2D eigenvalue weighted by Gasteiger charge is 2.10. The topological polar surface area (TPSA) is 61.3 Å². The van der Waals surface area contributed by atoms with E-state index in [4.69, 9.17) is 18.9 Å². The first kappa shape index (κ1) is 20.9. The van der Waals surface area contributed by atoms with Crippen molar-refractivity contribution in [3.8, 4) is 23.0 Å². The number of hydrogen-bond acceptors (Lipinski definition) is 6. The van der Waals surface area contributed by atoms with Crippen LogP contribution in [0.25, 0.3) is 0 Å². The van der Waals surface area contributed by atoms with E-state index >= 15 is 0 Å². The van der Waals surface area contributed by atoms with Gasteiger partial charge in [-0.05, 0) is 58.0 Å². The second-order valence-corrected chi connectivity index (χ2v) is 6.58. The van der Waals surface area contributed by atoms with Gasteiger partial charge in [0.1, 0.15) is 6.61 Å². The lowest BCUT2D eigenvalue weighted by Gasteiger charge is -2.12. The molecule has 2 rings (SSSR count).